The normalized spacial score (nSPS) is 11.0. The van der Waals surface area contributed by atoms with Crippen LogP contribution >= 0.6 is 0 Å². The molecule has 0 spiro atoms. The van der Waals surface area contributed by atoms with E-state index in [4.69, 9.17) is 8.94 Å². The third-order valence-electron chi connectivity index (χ3n) is 4.09. The van der Waals surface area contributed by atoms with E-state index in [1.807, 2.05) is 38.1 Å². The van der Waals surface area contributed by atoms with E-state index >= 15 is 0 Å². The van der Waals surface area contributed by atoms with Gasteiger partial charge in [0.15, 0.2) is 5.76 Å². The van der Waals surface area contributed by atoms with Crippen molar-refractivity contribution in [3.63, 3.8) is 0 Å². The summed E-state index contributed by atoms with van der Waals surface area (Å²) in [6.07, 6.45) is 3.35. The van der Waals surface area contributed by atoms with E-state index in [-0.39, 0.29) is 11.7 Å². The molecule has 7 nitrogen and oxygen atoms in total. The molecule has 1 N–H and O–H groups in total. The van der Waals surface area contributed by atoms with Crippen LogP contribution in [0.2, 0.25) is 0 Å². The SMILES string of the molecule is Cc1ccc2oc(-c3noc(C(=O)NCc4cccnc4)n3)c(C)c2c1. The van der Waals surface area contributed by atoms with Crippen molar-refractivity contribution in [2.45, 2.75) is 20.4 Å². The largest absolute Gasteiger partial charge is 0.452 e. The zero-order chi connectivity index (χ0) is 18.1. The number of nitrogens with one attached hydrogen (secondary N) is 1. The Kier molecular flexibility index (Phi) is 3.96. The Bertz CT molecular complexity index is 1080. The Morgan fingerprint density at radius 2 is 2.12 bits per heavy atom. The van der Waals surface area contributed by atoms with Gasteiger partial charge in [-0.05, 0) is 37.6 Å². The van der Waals surface area contributed by atoms with Gasteiger partial charge in [-0.25, -0.2) is 0 Å². The summed E-state index contributed by atoms with van der Waals surface area (Å²) >= 11 is 0. The molecule has 130 valence electrons. The van der Waals surface area contributed by atoms with E-state index in [0.29, 0.717) is 12.3 Å². The molecule has 0 radical (unpaired) electrons. The van der Waals surface area contributed by atoms with Gasteiger partial charge in [-0.3, -0.25) is 9.78 Å². The lowest BCUT2D eigenvalue weighted by Gasteiger charge is -2.00. The molecule has 0 atom stereocenters. The molecule has 3 aromatic heterocycles. The summed E-state index contributed by atoms with van der Waals surface area (Å²) < 4.78 is 10.9. The predicted molar refractivity (Wildman–Crippen MR) is 94.4 cm³/mol. The standard InChI is InChI=1S/C19H16N4O3/c1-11-5-6-15-14(8-11)12(2)16(25-15)17-22-19(26-23-17)18(24)21-10-13-4-3-7-20-9-13/h3-9H,10H2,1-2H3,(H,21,24). The molecular formula is C19H16N4O3. The molecule has 0 aliphatic heterocycles. The van der Waals surface area contributed by atoms with Gasteiger partial charge in [0.1, 0.15) is 5.58 Å². The van der Waals surface area contributed by atoms with Crippen LogP contribution in [-0.2, 0) is 6.54 Å². The molecule has 0 unspecified atom stereocenters. The van der Waals surface area contributed by atoms with Gasteiger partial charge in [-0.15, -0.1) is 0 Å². The lowest BCUT2D eigenvalue weighted by atomic mass is 10.1. The van der Waals surface area contributed by atoms with Gasteiger partial charge < -0.3 is 14.3 Å². The monoisotopic (exact) mass is 348 g/mol. The summed E-state index contributed by atoms with van der Waals surface area (Å²) in [6, 6.07) is 9.59. The summed E-state index contributed by atoms with van der Waals surface area (Å²) in [5, 5.41) is 7.60. The summed E-state index contributed by atoms with van der Waals surface area (Å²) in [5.74, 6) is 0.195. The molecule has 0 aliphatic carbocycles. The van der Waals surface area contributed by atoms with Gasteiger partial charge in [-0.2, -0.15) is 4.98 Å². The van der Waals surface area contributed by atoms with E-state index in [2.05, 4.69) is 20.4 Å². The average molecular weight is 348 g/mol. The Morgan fingerprint density at radius 3 is 2.92 bits per heavy atom. The van der Waals surface area contributed by atoms with Crippen LogP contribution < -0.4 is 5.32 Å². The van der Waals surface area contributed by atoms with Gasteiger partial charge in [0.05, 0.1) is 0 Å². The van der Waals surface area contributed by atoms with Crippen molar-refractivity contribution < 1.29 is 13.7 Å². The van der Waals surface area contributed by atoms with Crippen molar-refractivity contribution in [1.29, 1.82) is 0 Å². The van der Waals surface area contributed by atoms with E-state index in [1.54, 1.807) is 18.5 Å². The van der Waals surface area contributed by atoms with E-state index < -0.39 is 5.91 Å². The number of carbonyl (C=O) groups excluding carboxylic acids is 1. The second-order valence-corrected chi connectivity index (χ2v) is 6.02. The third kappa shape index (κ3) is 2.95. The highest BCUT2D eigenvalue weighted by Crippen LogP contribution is 2.31. The van der Waals surface area contributed by atoms with Crippen molar-refractivity contribution >= 4 is 16.9 Å². The second kappa shape index (κ2) is 6.44. The number of nitrogens with zero attached hydrogens (tertiary/aromatic N) is 3. The number of pyridine rings is 1. The maximum Gasteiger partial charge on any atom is 0.316 e. The quantitative estimate of drug-likeness (QED) is 0.607. The summed E-state index contributed by atoms with van der Waals surface area (Å²) in [4.78, 5) is 20.4. The highest BCUT2D eigenvalue weighted by atomic mass is 16.5. The molecular weight excluding hydrogens is 332 g/mol. The maximum absolute atomic E-state index is 12.2. The van der Waals surface area contributed by atoms with Crippen LogP contribution in [-0.4, -0.2) is 21.0 Å². The number of aromatic nitrogens is 3. The van der Waals surface area contributed by atoms with Gasteiger partial charge in [-0.1, -0.05) is 22.9 Å². The minimum Gasteiger partial charge on any atom is -0.452 e. The molecule has 26 heavy (non-hydrogen) atoms. The zero-order valence-corrected chi connectivity index (χ0v) is 14.3. The fraction of sp³-hybridized carbons (Fsp3) is 0.158. The van der Waals surface area contributed by atoms with Gasteiger partial charge in [0, 0.05) is 29.9 Å². The van der Waals surface area contributed by atoms with E-state index in [9.17, 15) is 4.79 Å². The fourth-order valence-electron chi connectivity index (χ4n) is 2.72. The Hall–Kier alpha value is -3.48. The zero-order valence-electron chi connectivity index (χ0n) is 14.3. The summed E-state index contributed by atoms with van der Waals surface area (Å²) in [7, 11) is 0. The molecule has 3 heterocycles. The minimum absolute atomic E-state index is 0.111. The van der Waals surface area contributed by atoms with Crippen LogP contribution in [0.3, 0.4) is 0 Å². The van der Waals surface area contributed by atoms with E-state index in [0.717, 1.165) is 27.7 Å². The molecule has 0 aliphatic rings. The Balaban J connectivity index is 1.56. The van der Waals surface area contributed by atoms with Crippen LogP contribution in [0.5, 0.6) is 0 Å². The number of rotatable bonds is 4. The molecule has 4 rings (SSSR count). The highest BCUT2D eigenvalue weighted by molar-refractivity contribution is 5.90. The van der Waals surface area contributed by atoms with E-state index in [1.165, 1.54) is 0 Å². The molecule has 4 aromatic rings. The first-order chi connectivity index (χ1) is 12.6. The fourth-order valence-corrected chi connectivity index (χ4v) is 2.72. The molecule has 0 saturated carbocycles. The maximum atomic E-state index is 12.2. The number of amides is 1. The molecule has 7 heteroatoms. The number of furan rings is 1. The first-order valence-electron chi connectivity index (χ1n) is 8.13. The first kappa shape index (κ1) is 16.0. The topological polar surface area (TPSA) is 94.0 Å². The number of hydrogen-bond acceptors (Lipinski definition) is 6. The number of fused-ring (bicyclic) bond motifs is 1. The number of benzene rings is 1. The first-order valence-corrected chi connectivity index (χ1v) is 8.13. The average Bonchev–Trinajstić information content (AvgIpc) is 3.26. The Morgan fingerprint density at radius 1 is 1.23 bits per heavy atom. The summed E-state index contributed by atoms with van der Waals surface area (Å²) in [5.41, 5.74) is 3.67. The van der Waals surface area contributed by atoms with Gasteiger partial charge >= 0.3 is 11.8 Å². The van der Waals surface area contributed by atoms with Gasteiger partial charge in [0.2, 0.25) is 5.82 Å². The van der Waals surface area contributed by atoms with Crippen LogP contribution in [0.4, 0.5) is 0 Å². The number of hydrogen-bond donors (Lipinski definition) is 1. The van der Waals surface area contributed by atoms with Crippen molar-refractivity contribution in [2.75, 3.05) is 0 Å². The van der Waals surface area contributed by atoms with Crippen LogP contribution in [0.15, 0.2) is 51.7 Å². The highest BCUT2D eigenvalue weighted by Gasteiger charge is 2.21. The molecule has 0 bridgehead atoms. The molecule has 1 aromatic carbocycles. The lowest BCUT2D eigenvalue weighted by Crippen LogP contribution is -2.23. The molecule has 0 saturated heterocycles. The lowest BCUT2D eigenvalue weighted by molar-refractivity contribution is 0.0907. The minimum atomic E-state index is -0.447. The summed E-state index contributed by atoms with van der Waals surface area (Å²) in [6.45, 7) is 4.27. The number of carbonyl (C=O) groups is 1. The third-order valence-corrected chi connectivity index (χ3v) is 4.09. The van der Waals surface area contributed by atoms with Crippen LogP contribution in [0, 0.1) is 13.8 Å². The smallest absolute Gasteiger partial charge is 0.316 e. The van der Waals surface area contributed by atoms with Gasteiger partial charge in [0.25, 0.3) is 0 Å². The predicted octanol–water partition coefficient (Wildman–Crippen LogP) is 3.42. The second-order valence-electron chi connectivity index (χ2n) is 6.02. The van der Waals surface area contributed by atoms with Crippen LogP contribution in [0.25, 0.3) is 22.6 Å². The van der Waals surface area contributed by atoms with Crippen LogP contribution in [0.1, 0.15) is 27.4 Å². The number of aryl methyl sites for hydroxylation is 2. The molecule has 0 fully saturated rings. The Labute approximate surface area is 149 Å². The van der Waals surface area contributed by atoms with Crippen molar-refractivity contribution in [3.8, 4) is 11.6 Å². The van der Waals surface area contributed by atoms with Crippen molar-refractivity contribution in [3.05, 3.63) is 65.3 Å². The van der Waals surface area contributed by atoms with Crippen molar-refractivity contribution in [1.82, 2.24) is 20.4 Å². The van der Waals surface area contributed by atoms with Crippen molar-refractivity contribution in [2.24, 2.45) is 0 Å². The molecule has 1 amide bonds.